The van der Waals surface area contributed by atoms with E-state index >= 15 is 0 Å². The van der Waals surface area contributed by atoms with E-state index in [1.54, 1.807) is 0 Å². The fourth-order valence-electron chi connectivity index (χ4n) is 3.03. The molecule has 0 saturated heterocycles. The predicted octanol–water partition coefficient (Wildman–Crippen LogP) is 3.46. The van der Waals surface area contributed by atoms with Crippen molar-refractivity contribution in [1.29, 1.82) is 0 Å². The van der Waals surface area contributed by atoms with Crippen molar-refractivity contribution in [2.24, 2.45) is 5.92 Å². The quantitative estimate of drug-likeness (QED) is 0.842. The maximum atomic E-state index is 3.67. The first-order valence-corrected chi connectivity index (χ1v) is 7.82. The molecular weight excluding hydrogens is 232 g/mol. The van der Waals surface area contributed by atoms with Gasteiger partial charge >= 0.3 is 0 Å². The molecule has 1 aliphatic rings. The number of rotatable bonds is 6. The molecule has 1 aliphatic heterocycles. The van der Waals surface area contributed by atoms with E-state index in [1.165, 1.54) is 37.1 Å². The first kappa shape index (κ1) is 14.4. The van der Waals surface area contributed by atoms with Crippen LogP contribution in [0.1, 0.15) is 39.2 Å². The van der Waals surface area contributed by atoms with E-state index in [0.717, 1.165) is 19.0 Å². The molecule has 19 heavy (non-hydrogen) atoms. The third-order valence-electron chi connectivity index (χ3n) is 4.42. The molecule has 1 heterocycles. The van der Waals surface area contributed by atoms with Crippen LogP contribution in [0.15, 0.2) is 24.3 Å². The molecule has 106 valence electrons. The van der Waals surface area contributed by atoms with Crippen LogP contribution in [0.25, 0.3) is 0 Å². The molecule has 0 spiro atoms. The summed E-state index contributed by atoms with van der Waals surface area (Å²) in [4.78, 5) is 2.58. The highest BCUT2D eigenvalue weighted by molar-refractivity contribution is 5.55. The standard InChI is InChI=1S/C17H28N2/c1-4-14(3)16(18-5-2)13-19-12-8-10-15-9-6-7-11-17(15)19/h6-7,9,11,14,16,18H,4-5,8,10,12-13H2,1-3H3. The molecule has 1 aromatic carbocycles. The van der Waals surface area contributed by atoms with Gasteiger partial charge in [0, 0.05) is 24.8 Å². The Balaban J connectivity index is 2.10. The lowest BCUT2D eigenvalue weighted by molar-refractivity contribution is 0.370. The zero-order chi connectivity index (χ0) is 13.7. The van der Waals surface area contributed by atoms with Crippen LogP contribution in [0.4, 0.5) is 5.69 Å². The molecule has 0 radical (unpaired) electrons. The molecule has 0 amide bonds. The van der Waals surface area contributed by atoms with E-state index in [2.05, 4.69) is 55.3 Å². The van der Waals surface area contributed by atoms with E-state index in [9.17, 15) is 0 Å². The fourth-order valence-corrected chi connectivity index (χ4v) is 3.03. The zero-order valence-corrected chi connectivity index (χ0v) is 12.7. The Labute approximate surface area is 118 Å². The molecule has 1 aromatic rings. The van der Waals surface area contributed by atoms with Crippen molar-refractivity contribution in [3.05, 3.63) is 29.8 Å². The average molecular weight is 260 g/mol. The van der Waals surface area contributed by atoms with Gasteiger partial charge in [-0.3, -0.25) is 0 Å². The summed E-state index contributed by atoms with van der Waals surface area (Å²) >= 11 is 0. The second-order valence-corrected chi connectivity index (χ2v) is 5.73. The van der Waals surface area contributed by atoms with Crippen molar-refractivity contribution in [2.75, 3.05) is 24.5 Å². The summed E-state index contributed by atoms with van der Waals surface area (Å²) in [6.07, 6.45) is 3.77. The Morgan fingerprint density at radius 1 is 1.26 bits per heavy atom. The summed E-state index contributed by atoms with van der Waals surface area (Å²) in [5, 5.41) is 3.67. The van der Waals surface area contributed by atoms with E-state index in [1.807, 2.05) is 0 Å². The number of fused-ring (bicyclic) bond motifs is 1. The molecule has 1 N–H and O–H groups in total. The minimum Gasteiger partial charge on any atom is -0.370 e. The molecule has 2 nitrogen and oxygen atoms in total. The van der Waals surface area contributed by atoms with Crippen molar-refractivity contribution in [2.45, 2.75) is 46.1 Å². The van der Waals surface area contributed by atoms with Crippen molar-refractivity contribution < 1.29 is 0 Å². The van der Waals surface area contributed by atoms with E-state index in [-0.39, 0.29) is 0 Å². The highest BCUT2D eigenvalue weighted by Gasteiger charge is 2.22. The molecule has 0 fully saturated rings. The summed E-state index contributed by atoms with van der Waals surface area (Å²) in [6, 6.07) is 9.50. The second kappa shape index (κ2) is 6.95. The summed E-state index contributed by atoms with van der Waals surface area (Å²) in [5.74, 6) is 0.731. The second-order valence-electron chi connectivity index (χ2n) is 5.73. The van der Waals surface area contributed by atoms with Gasteiger partial charge in [-0.1, -0.05) is 45.4 Å². The van der Waals surface area contributed by atoms with Crippen LogP contribution in [-0.2, 0) is 6.42 Å². The number of aryl methyl sites for hydroxylation is 1. The Morgan fingerprint density at radius 2 is 2.05 bits per heavy atom. The first-order chi connectivity index (χ1) is 9.26. The van der Waals surface area contributed by atoms with E-state index < -0.39 is 0 Å². The van der Waals surface area contributed by atoms with Crippen LogP contribution >= 0.6 is 0 Å². The van der Waals surface area contributed by atoms with Gasteiger partial charge in [0.15, 0.2) is 0 Å². The summed E-state index contributed by atoms with van der Waals surface area (Å²) < 4.78 is 0. The molecule has 0 saturated carbocycles. The Hall–Kier alpha value is -1.02. The molecule has 2 atom stereocenters. The van der Waals surface area contributed by atoms with Gasteiger partial charge in [-0.25, -0.2) is 0 Å². The van der Waals surface area contributed by atoms with Crippen LogP contribution in [0.3, 0.4) is 0 Å². The van der Waals surface area contributed by atoms with Gasteiger partial charge in [0.2, 0.25) is 0 Å². The van der Waals surface area contributed by atoms with Crippen molar-refractivity contribution >= 4 is 5.69 Å². The molecule has 0 aromatic heterocycles. The van der Waals surface area contributed by atoms with Crippen LogP contribution in [-0.4, -0.2) is 25.7 Å². The lowest BCUT2D eigenvalue weighted by Crippen LogP contribution is -2.46. The van der Waals surface area contributed by atoms with Crippen LogP contribution in [0.2, 0.25) is 0 Å². The number of likely N-dealkylation sites (N-methyl/N-ethyl adjacent to an activating group) is 1. The monoisotopic (exact) mass is 260 g/mol. The van der Waals surface area contributed by atoms with Crippen molar-refractivity contribution in [3.8, 4) is 0 Å². The van der Waals surface area contributed by atoms with Gasteiger partial charge in [-0.05, 0) is 36.9 Å². The van der Waals surface area contributed by atoms with Gasteiger partial charge in [-0.15, -0.1) is 0 Å². The topological polar surface area (TPSA) is 15.3 Å². The fraction of sp³-hybridized carbons (Fsp3) is 0.647. The Bertz CT molecular complexity index is 389. The van der Waals surface area contributed by atoms with Gasteiger partial charge in [0.25, 0.3) is 0 Å². The Kier molecular flexibility index (Phi) is 5.26. The van der Waals surface area contributed by atoms with E-state index in [4.69, 9.17) is 0 Å². The maximum Gasteiger partial charge on any atom is 0.0399 e. The molecule has 2 unspecified atom stereocenters. The molecule has 2 rings (SSSR count). The van der Waals surface area contributed by atoms with Gasteiger partial charge < -0.3 is 10.2 Å². The number of nitrogens with one attached hydrogen (secondary N) is 1. The van der Waals surface area contributed by atoms with Crippen LogP contribution in [0, 0.1) is 5.92 Å². The minimum absolute atomic E-state index is 0.598. The average Bonchev–Trinajstić information content (AvgIpc) is 2.46. The third kappa shape index (κ3) is 3.50. The molecular formula is C17H28N2. The highest BCUT2D eigenvalue weighted by atomic mass is 15.2. The van der Waals surface area contributed by atoms with Gasteiger partial charge in [0.05, 0.1) is 0 Å². The lowest BCUT2D eigenvalue weighted by Gasteiger charge is -2.36. The van der Waals surface area contributed by atoms with Crippen molar-refractivity contribution in [3.63, 3.8) is 0 Å². The smallest absolute Gasteiger partial charge is 0.0399 e. The van der Waals surface area contributed by atoms with Crippen LogP contribution in [0.5, 0.6) is 0 Å². The molecule has 0 bridgehead atoms. The number of nitrogens with zero attached hydrogens (tertiary/aromatic N) is 1. The summed E-state index contributed by atoms with van der Waals surface area (Å²) in [6.45, 7) is 10.3. The number of hydrogen-bond acceptors (Lipinski definition) is 2. The lowest BCUT2D eigenvalue weighted by atomic mass is 9.96. The van der Waals surface area contributed by atoms with Crippen LogP contribution < -0.4 is 10.2 Å². The summed E-state index contributed by atoms with van der Waals surface area (Å²) in [5.41, 5.74) is 2.98. The number of benzene rings is 1. The number of anilines is 1. The normalized spacial score (nSPS) is 17.9. The Morgan fingerprint density at radius 3 is 2.79 bits per heavy atom. The largest absolute Gasteiger partial charge is 0.370 e. The van der Waals surface area contributed by atoms with Gasteiger partial charge in [0.1, 0.15) is 0 Å². The summed E-state index contributed by atoms with van der Waals surface area (Å²) in [7, 11) is 0. The van der Waals surface area contributed by atoms with Crippen molar-refractivity contribution in [1.82, 2.24) is 5.32 Å². The maximum absolute atomic E-state index is 3.67. The van der Waals surface area contributed by atoms with Gasteiger partial charge in [-0.2, -0.15) is 0 Å². The first-order valence-electron chi connectivity index (χ1n) is 7.82. The van der Waals surface area contributed by atoms with E-state index in [0.29, 0.717) is 6.04 Å². The predicted molar refractivity (Wildman–Crippen MR) is 83.9 cm³/mol. The number of para-hydroxylation sites is 1. The zero-order valence-electron chi connectivity index (χ0n) is 12.7. The highest BCUT2D eigenvalue weighted by Crippen LogP contribution is 2.27. The molecule has 2 heteroatoms. The minimum atomic E-state index is 0.598. The third-order valence-corrected chi connectivity index (χ3v) is 4.42. The SMILES string of the molecule is CCNC(CN1CCCc2ccccc21)C(C)CC. The number of hydrogen-bond donors (Lipinski definition) is 1. The molecule has 0 aliphatic carbocycles.